The second-order valence-electron chi connectivity index (χ2n) is 3.97. The van der Waals surface area contributed by atoms with Gasteiger partial charge in [0.1, 0.15) is 16.5 Å². The molecule has 4 nitrogen and oxygen atoms in total. The Morgan fingerprint density at radius 1 is 1.05 bits per heavy atom. The first kappa shape index (κ1) is 15.8. The topological polar surface area (TPSA) is 66.4 Å². The fourth-order valence-electron chi connectivity index (χ4n) is 1.53. The van der Waals surface area contributed by atoms with E-state index in [1.807, 2.05) is 4.72 Å². The molecule has 0 fully saturated rings. The van der Waals surface area contributed by atoms with E-state index in [2.05, 4.69) is 0 Å². The van der Waals surface area contributed by atoms with Gasteiger partial charge in [-0.15, -0.1) is 0 Å². The normalized spacial score (nSPS) is 11.4. The zero-order valence-corrected chi connectivity index (χ0v) is 12.4. The lowest BCUT2D eigenvalue weighted by Gasteiger charge is -2.10. The van der Waals surface area contributed by atoms with Gasteiger partial charge in [0.2, 0.25) is 0 Å². The maximum atomic E-state index is 13.5. The quantitative estimate of drug-likeness (QED) is 0.825. The molecule has 21 heavy (non-hydrogen) atoms. The average Bonchev–Trinajstić information content (AvgIpc) is 2.34. The molecule has 0 atom stereocenters. The number of hydrogen-bond donors (Lipinski definition) is 2. The largest absolute Gasteiger partial charge is 0.505 e. The summed E-state index contributed by atoms with van der Waals surface area (Å²) in [6.07, 6.45) is 0. The molecule has 2 aromatic rings. The molecule has 2 aromatic carbocycles. The van der Waals surface area contributed by atoms with Crippen LogP contribution in [0, 0.1) is 11.6 Å². The summed E-state index contributed by atoms with van der Waals surface area (Å²) in [5.41, 5.74) is -0.0773. The Kier molecular flexibility index (Phi) is 4.27. The molecule has 0 saturated carbocycles. The van der Waals surface area contributed by atoms with E-state index in [0.29, 0.717) is 6.07 Å². The number of halogens is 4. The van der Waals surface area contributed by atoms with Crippen LogP contribution in [0.1, 0.15) is 0 Å². The van der Waals surface area contributed by atoms with E-state index in [1.165, 1.54) is 0 Å². The zero-order chi connectivity index (χ0) is 15.8. The average molecular weight is 354 g/mol. The van der Waals surface area contributed by atoms with Gasteiger partial charge >= 0.3 is 0 Å². The number of phenolic OH excluding ortho intramolecular Hbond substituents is 1. The van der Waals surface area contributed by atoms with E-state index in [0.717, 1.165) is 24.3 Å². The molecule has 2 rings (SSSR count). The Balaban J connectivity index is 2.42. The van der Waals surface area contributed by atoms with E-state index in [4.69, 9.17) is 23.2 Å². The Morgan fingerprint density at radius 3 is 2.14 bits per heavy atom. The minimum atomic E-state index is -4.30. The van der Waals surface area contributed by atoms with Crippen LogP contribution in [0.15, 0.2) is 35.2 Å². The van der Waals surface area contributed by atoms with Crippen molar-refractivity contribution in [1.29, 1.82) is 0 Å². The van der Waals surface area contributed by atoms with Crippen LogP contribution in [0.5, 0.6) is 5.75 Å². The molecular weight excluding hydrogens is 347 g/mol. The number of benzene rings is 2. The standard InChI is InChI=1S/C12H7Cl2F2NO3S/c13-8-4-7(5-9(14)12(8)18)17-21(19,20)11-2-1-6(15)3-10(11)16/h1-5,17-18H. The predicted molar refractivity (Wildman–Crippen MR) is 75.3 cm³/mol. The molecule has 0 saturated heterocycles. The van der Waals surface area contributed by atoms with Gasteiger partial charge in [0.05, 0.1) is 15.7 Å². The fraction of sp³-hybridized carbons (Fsp3) is 0. The summed E-state index contributed by atoms with van der Waals surface area (Å²) in [6.45, 7) is 0. The molecule has 0 spiro atoms. The number of phenols is 1. The van der Waals surface area contributed by atoms with Crippen molar-refractivity contribution in [2.75, 3.05) is 4.72 Å². The molecule has 0 bridgehead atoms. The molecule has 0 aliphatic heterocycles. The summed E-state index contributed by atoms with van der Waals surface area (Å²) < 4.78 is 52.4. The second kappa shape index (κ2) is 5.67. The van der Waals surface area contributed by atoms with Gasteiger partial charge in [-0.3, -0.25) is 4.72 Å². The smallest absolute Gasteiger partial charge is 0.264 e. The first-order valence-electron chi connectivity index (χ1n) is 5.36. The van der Waals surface area contributed by atoms with E-state index in [1.54, 1.807) is 0 Å². The van der Waals surface area contributed by atoms with Crippen LogP contribution < -0.4 is 4.72 Å². The van der Waals surface area contributed by atoms with Crippen molar-refractivity contribution in [3.05, 3.63) is 52.0 Å². The molecule has 0 aromatic heterocycles. The van der Waals surface area contributed by atoms with E-state index in [-0.39, 0.29) is 15.7 Å². The highest BCUT2D eigenvalue weighted by molar-refractivity contribution is 7.92. The van der Waals surface area contributed by atoms with Crippen LogP contribution >= 0.6 is 23.2 Å². The van der Waals surface area contributed by atoms with Crippen molar-refractivity contribution < 1.29 is 22.3 Å². The van der Waals surface area contributed by atoms with Crippen molar-refractivity contribution in [2.24, 2.45) is 0 Å². The third-order valence-corrected chi connectivity index (χ3v) is 4.44. The number of rotatable bonds is 3. The number of sulfonamides is 1. The van der Waals surface area contributed by atoms with Crippen LogP contribution in [0.25, 0.3) is 0 Å². The maximum Gasteiger partial charge on any atom is 0.264 e. The molecule has 0 heterocycles. The van der Waals surface area contributed by atoms with Gasteiger partial charge in [-0.2, -0.15) is 0 Å². The van der Waals surface area contributed by atoms with Gasteiger partial charge in [-0.25, -0.2) is 17.2 Å². The van der Waals surface area contributed by atoms with Gasteiger partial charge < -0.3 is 5.11 Å². The number of anilines is 1. The molecule has 0 aliphatic rings. The molecule has 0 unspecified atom stereocenters. The number of nitrogens with one attached hydrogen (secondary N) is 1. The molecule has 0 aliphatic carbocycles. The molecule has 0 radical (unpaired) electrons. The highest BCUT2D eigenvalue weighted by Gasteiger charge is 2.20. The van der Waals surface area contributed by atoms with Crippen molar-refractivity contribution in [1.82, 2.24) is 0 Å². The minimum Gasteiger partial charge on any atom is -0.505 e. The highest BCUT2D eigenvalue weighted by atomic mass is 35.5. The van der Waals surface area contributed by atoms with E-state index < -0.39 is 32.3 Å². The lowest BCUT2D eigenvalue weighted by molar-refractivity contribution is 0.476. The van der Waals surface area contributed by atoms with Crippen LogP contribution in [0.4, 0.5) is 14.5 Å². The Labute approximate surface area is 129 Å². The highest BCUT2D eigenvalue weighted by Crippen LogP contribution is 2.35. The second-order valence-corrected chi connectivity index (χ2v) is 6.43. The van der Waals surface area contributed by atoms with Gasteiger partial charge in [-0.05, 0) is 24.3 Å². The van der Waals surface area contributed by atoms with Crippen LogP contribution in [-0.4, -0.2) is 13.5 Å². The summed E-state index contributed by atoms with van der Waals surface area (Å²) >= 11 is 11.3. The number of aromatic hydroxyl groups is 1. The minimum absolute atomic E-state index is 0.0773. The first-order valence-corrected chi connectivity index (χ1v) is 7.60. The number of hydrogen-bond acceptors (Lipinski definition) is 3. The third-order valence-electron chi connectivity index (χ3n) is 2.45. The monoisotopic (exact) mass is 353 g/mol. The van der Waals surface area contributed by atoms with Crippen LogP contribution in [-0.2, 0) is 10.0 Å². The molecular formula is C12H7Cl2F2NO3S. The van der Waals surface area contributed by atoms with Gasteiger partial charge in [0.15, 0.2) is 5.75 Å². The summed E-state index contributed by atoms with van der Waals surface area (Å²) in [6, 6.07) is 4.25. The molecule has 9 heteroatoms. The SMILES string of the molecule is O=S(=O)(Nc1cc(Cl)c(O)c(Cl)c1)c1ccc(F)cc1F. The zero-order valence-electron chi connectivity index (χ0n) is 10.1. The van der Waals surface area contributed by atoms with Crippen LogP contribution in [0.2, 0.25) is 10.0 Å². The summed E-state index contributed by atoms with van der Waals surface area (Å²) in [7, 11) is -4.30. The summed E-state index contributed by atoms with van der Waals surface area (Å²) in [4.78, 5) is -0.732. The Hall–Kier alpha value is -1.57. The van der Waals surface area contributed by atoms with Crippen molar-refractivity contribution in [3.8, 4) is 5.75 Å². The maximum absolute atomic E-state index is 13.5. The molecule has 2 N–H and O–H groups in total. The summed E-state index contributed by atoms with van der Waals surface area (Å²) in [5.74, 6) is -2.55. The lowest BCUT2D eigenvalue weighted by Crippen LogP contribution is -2.14. The summed E-state index contributed by atoms with van der Waals surface area (Å²) in [5, 5.41) is 9.02. The predicted octanol–water partition coefficient (Wildman–Crippen LogP) is 3.78. The fourth-order valence-corrected chi connectivity index (χ4v) is 3.12. The van der Waals surface area contributed by atoms with Gasteiger partial charge in [0.25, 0.3) is 10.0 Å². The van der Waals surface area contributed by atoms with Crippen LogP contribution in [0.3, 0.4) is 0 Å². The molecule has 112 valence electrons. The third kappa shape index (κ3) is 3.37. The van der Waals surface area contributed by atoms with E-state index in [9.17, 15) is 22.3 Å². The van der Waals surface area contributed by atoms with Gasteiger partial charge in [-0.1, -0.05) is 23.2 Å². The Bertz CT molecular complexity index is 789. The first-order chi connectivity index (χ1) is 9.70. The molecule has 0 amide bonds. The van der Waals surface area contributed by atoms with Crippen molar-refractivity contribution in [2.45, 2.75) is 4.90 Å². The van der Waals surface area contributed by atoms with E-state index >= 15 is 0 Å². The van der Waals surface area contributed by atoms with Crippen molar-refractivity contribution in [3.63, 3.8) is 0 Å². The Morgan fingerprint density at radius 2 is 1.62 bits per heavy atom. The van der Waals surface area contributed by atoms with Gasteiger partial charge in [0, 0.05) is 6.07 Å². The van der Waals surface area contributed by atoms with Crippen molar-refractivity contribution >= 4 is 38.9 Å². The lowest BCUT2D eigenvalue weighted by atomic mass is 10.3.